The van der Waals surface area contributed by atoms with Crippen molar-refractivity contribution < 1.29 is 13.2 Å². The molecule has 1 heterocycles. The summed E-state index contributed by atoms with van der Waals surface area (Å²) in [5.41, 5.74) is 6.01. The predicted molar refractivity (Wildman–Crippen MR) is 77.2 cm³/mol. The van der Waals surface area contributed by atoms with Crippen LogP contribution in [0.1, 0.15) is 5.69 Å². The first-order valence-corrected chi connectivity index (χ1v) is 7.27. The molecule has 3 N–H and O–H groups in total. The lowest BCUT2D eigenvalue weighted by atomic mass is 10.2. The third-order valence-electron chi connectivity index (χ3n) is 2.63. The Morgan fingerprint density at radius 3 is 2.81 bits per heavy atom. The van der Waals surface area contributed by atoms with Crippen LogP contribution in [0.4, 0.5) is 11.4 Å². The van der Waals surface area contributed by atoms with Gasteiger partial charge in [0.05, 0.1) is 12.8 Å². The Labute approximate surface area is 122 Å². The predicted octanol–water partition coefficient (Wildman–Crippen LogP) is 1.34. The number of methoxy groups -OCH3 is 1. The van der Waals surface area contributed by atoms with Crippen molar-refractivity contribution in [1.29, 1.82) is 5.26 Å². The number of ether oxygens (including phenoxy) is 1. The number of nitriles is 1. The normalized spacial score (nSPS) is 10.7. The van der Waals surface area contributed by atoms with E-state index in [4.69, 9.17) is 15.7 Å². The second kappa shape index (κ2) is 5.68. The minimum absolute atomic E-state index is 0.185. The van der Waals surface area contributed by atoms with Crippen LogP contribution in [-0.4, -0.2) is 20.5 Å². The second-order valence-electron chi connectivity index (χ2n) is 4.03. The average Bonchev–Trinajstić information content (AvgIpc) is 2.47. The summed E-state index contributed by atoms with van der Waals surface area (Å²) >= 11 is 0. The van der Waals surface area contributed by atoms with Crippen molar-refractivity contribution in [1.82, 2.24) is 4.98 Å². The van der Waals surface area contributed by atoms with Gasteiger partial charge in [0.25, 0.3) is 10.0 Å². The molecule has 0 unspecified atom stereocenters. The Morgan fingerprint density at radius 1 is 1.38 bits per heavy atom. The summed E-state index contributed by atoms with van der Waals surface area (Å²) in [6, 6.07) is 9.03. The Morgan fingerprint density at radius 2 is 2.14 bits per heavy atom. The van der Waals surface area contributed by atoms with Crippen molar-refractivity contribution in [2.75, 3.05) is 17.6 Å². The molecule has 7 nitrogen and oxygen atoms in total. The molecule has 0 aliphatic rings. The number of pyridine rings is 1. The molecule has 0 amide bonds. The zero-order chi connectivity index (χ0) is 15.5. The molecule has 0 saturated heterocycles. The summed E-state index contributed by atoms with van der Waals surface area (Å²) < 4.78 is 32.1. The van der Waals surface area contributed by atoms with E-state index in [1.807, 2.05) is 0 Å². The van der Waals surface area contributed by atoms with Gasteiger partial charge in [0.15, 0.2) is 5.69 Å². The number of anilines is 2. The third-order valence-corrected chi connectivity index (χ3v) is 4.03. The summed E-state index contributed by atoms with van der Waals surface area (Å²) in [4.78, 5) is 3.52. The second-order valence-corrected chi connectivity index (χ2v) is 5.68. The van der Waals surface area contributed by atoms with Gasteiger partial charge in [0.1, 0.15) is 16.7 Å². The van der Waals surface area contributed by atoms with Crippen molar-refractivity contribution in [3.05, 3.63) is 42.2 Å². The van der Waals surface area contributed by atoms with Gasteiger partial charge in [0.2, 0.25) is 0 Å². The van der Waals surface area contributed by atoms with Crippen molar-refractivity contribution >= 4 is 21.4 Å². The topological polar surface area (TPSA) is 118 Å². The molecule has 1 aromatic carbocycles. The number of hydrogen-bond donors (Lipinski definition) is 2. The third kappa shape index (κ3) is 3.04. The summed E-state index contributed by atoms with van der Waals surface area (Å²) in [6.45, 7) is 0. The van der Waals surface area contributed by atoms with Crippen LogP contribution in [0.5, 0.6) is 5.75 Å². The number of nitrogens with two attached hydrogens (primary N) is 1. The van der Waals surface area contributed by atoms with Crippen LogP contribution in [0.25, 0.3) is 0 Å². The summed E-state index contributed by atoms with van der Waals surface area (Å²) in [5, 5.41) is 8.94. The molecular weight excluding hydrogens is 292 g/mol. The van der Waals surface area contributed by atoms with E-state index >= 15 is 0 Å². The molecule has 0 bridgehead atoms. The van der Waals surface area contributed by atoms with Crippen molar-refractivity contribution in [2.45, 2.75) is 4.90 Å². The van der Waals surface area contributed by atoms with Crippen molar-refractivity contribution in [3.8, 4) is 11.8 Å². The monoisotopic (exact) mass is 304 g/mol. The first-order chi connectivity index (χ1) is 9.97. The molecule has 0 radical (unpaired) electrons. The minimum Gasteiger partial charge on any atom is -0.495 e. The van der Waals surface area contributed by atoms with E-state index in [0.717, 1.165) is 0 Å². The molecular formula is C13H12N4O3S. The van der Waals surface area contributed by atoms with Gasteiger partial charge in [-0.05, 0) is 30.3 Å². The summed E-state index contributed by atoms with van der Waals surface area (Å²) in [6.07, 6.45) is 1.35. The quantitative estimate of drug-likeness (QED) is 0.823. The highest BCUT2D eigenvalue weighted by atomic mass is 32.2. The number of nitrogen functional groups attached to an aromatic ring is 1. The SMILES string of the molecule is COc1ccc(N)cc1NS(=O)(=O)c1cccnc1C#N. The van der Waals surface area contributed by atoms with Gasteiger partial charge in [-0.3, -0.25) is 4.72 Å². The van der Waals surface area contributed by atoms with Gasteiger partial charge in [-0.2, -0.15) is 5.26 Å². The number of aromatic nitrogens is 1. The maximum atomic E-state index is 12.4. The van der Waals surface area contributed by atoms with Crippen LogP contribution in [0.2, 0.25) is 0 Å². The molecule has 0 fully saturated rings. The maximum Gasteiger partial charge on any atom is 0.264 e. The van der Waals surface area contributed by atoms with Crippen LogP contribution in [0, 0.1) is 11.3 Å². The Hall–Kier alpha value is -2.79. The van der Waals surface area contributed by atoms with Gasteiger partial charge in [-0.15, -0.1) is 0 Å². The highest BCUT2D eigenvalue weighted by Gasteiger charge is 2.21. The molecule has 1 aromatic heterocycles. The highest BCUT2D eigenvalue weighted by molar-refractivity contribution is 7.92. The number of sulfonamides is 1. The lowest BCUT2D eigenvalue weighted by Crippen LogP contribution is -2.15. The fourth-order valence-corrected chi connectivity index (χ4v) is 2.87. The number of rotatable bonds is 4. The number of benzene rings is 1. The van der Waals surface area contributed by atoms with Crippen LogP contribution in [-0.2, 0) is 10.0 Å². The molecule has 0 saturated carbocycles. The van der Waals surface area contributed by atoms with E-state index in [0.29, 0.717) is 11.4 Å². The maximum absolute atomic E-state index is 12.4. The highest BCUT2D eigenvalue weighted by Crippen LogP contribution is 2.29. The standard InChI is InChI=1S/C13H12N4O3S/c1-20-12-5-4-9(15)7-10(12)17-21(18,19)13-3-2-6-16-11(13)8-14/h2-7,17H,15H2,1H3. The molecule has 0 atom stereocenters. The van der Waals surface area contributed by atoms with E-state index in [-0.39, 0.29) is 16.3 Å². The fourth-order valence-electron chi connectivity index (χ4n) is 1.70. The lowest BCUT2D eigenvalue weighted by molar-refractivity contribution is 0.417. The smallest absolute Gasteiger partial charge is 0.264 e. The van der Waals surface area contributed by atoms with Gasteiger partial charge in [-0.1, -0.05) is 0 Å². The first-order valence-electron chi connectivity index (χ1n) is 5.79. The Kier molecular flexibility index (Phi) is 3.95. The number of hydrogen-bond acceptors (Lipinski definition) is 6. The minimum atomic E-state index is -3.98. The summed E-state index contributed by atoms with van der Waals surface area (Å²) in [5.74, 6) is 0.315. The average molecular weight is 304 g/mol. The van der Waals surface area contributed by atoms with Crippen LogP contribution >= 0.6 is 0 Å². The van der Waals surface area contributed by atoms with Gasteiger partial charge >= 0.3 is 0 Å². The van der Waals surface area contributed by atoms with E-state index < -0.39 is 10.0 Å². The molecule has 0 aliphatic heterocycles. The molecule has 2 rings (SSSR count). The molecule has 8 heteroatoms. The van der Waals surface area contributed by atoms with E-state index in [2.05, 4.69) is 9.71 Å². The largest absolute Gasteiger partial charge is 0.495 e. The number of nitrogens with one attached hydrogen (secondary N) is 1. The van der Waals surface area contributed by atoms with Crippen molar-refractivity contribution in [2.24, 2.45) is 0 Å². The molecule has 0 spiro atoms. The van der Waals surface area contributed by atoms with E-state index in [9.17, 15) is 8.42 Å². The molecule has 21 heavy (non-hydrogen) atoms. The Balaban J connectivity index is 2.48. The fraction of sp³-hybridized carbons (Fsp3) is 0.0769. The summed E-state index contributed by atoms with van der Waals surface area (Å²) in [7, 11) is -2.57. The molecule has 0 aliphatic carbocycles. The van der Waals surface area contributed by atoms with Crippen LogP contribution < -0.4 is 15.2 Å². The van der Waals surface area contributed by atoms with E-state index in [1.54, 1.807) is 18.2 Å². The molecule has 2 aromatic rings. The van der Waals surface area contributed by atoms with Gasteiger partial charge in [0, 0.05) is 11.9 Å². The lowest BCUT2D eigenvalue weighted by Gasteiger charge is -2.12. The van der Waals surface area contributed by atoms with Crippen LogP contribution in [0.15, 0.2) is 41.4 Å². The first kappa shape index (κ1) is 14.6. The molecule has 108 valence electrons. The zero-order valence-electron chi connectivity index (χ0n) is 11.1. The van der Waals surface area contributed by atoms with E-state index in [1.165, 1.54) is 31.5 Å². The zero-order valence-corrected chi connectivity index (χ0v) is 11.9. The van der Waals surface area contributed by atoms with Crippen LogP contribution in [0.3, 0.4) is 0 Å². The Bertz CT molecular complexity index is 812. The van der Waals surface area contributed by atoms with Crippen molar-refractivity contribution in [3.63, 3.8) is 0 Å². The van der Waals surface area contributed by atoms with Gasteiger partial charge < -0.3 is 10.5 Å². The number of nitrogens with zero attached hydrogens (tertiary/aromatic N) is 2. The van der Waals surface area contributed by atoms with Gasteiger partial charge in [-0.25, -0.2) is 13.4 Å².